The summed E-state index contributed by atoms with van der Waals surface area (Å²) in [5.41, 5.74) is 1.74. The van der Waals surface area contributed by atoms with Crippen LogP contribution >= 0.6 is 11.6 Å². The molecule has 2 unspecified atom stereocenters. The van der Waals surface area contributed by atoms with Crippen LogP contribution in [0.3, 0.4) is 0 Å². The highest BCUT2D eigenvalue weighted by atomic mass is 35.5. The Bertz CT molecular complexity index is 669. The summed E-state index contributed by atoms with van der Waals surface area (Å²) in [6.07, 6.45) is 4.91. The zero-order valence-corrected chi connectivity index (χ0v) is 12.7. The lowest BCUT2D eigenvalue weighted by molar-refractivity contribution is 0.174. The number of hydrogen-bond acceptors (Lipinski definition) is 2. The Hall–Kier alpha value is -1.13. The first-order valence-electron chi connectivity index (χ1n) is 7.74. The minimum atomic E-state index is -0.205. The van der Waals surface area contributed by atoms with Gasteiger partial charge in [0, 0.05) is 12.6 Å². The van der Waals surface area contributed by atoms with Crippen molar-refractivity contribution in [1.82, 2.24) is 14.5 Å². The Kier molecular flexibility index (Phi) is 3.38. The maximum absolute atomic E-state index is 13.7. The van der Waals surface area contributed by atoms with Gasteiger partial charge in [0.15, 0.2) is 0 Å². The van der Waals surface area contributed by atoms with Crippen LogP contribution in [0.1, 0.15) is 37.5 Å². The van der Waals surface area contributed by atoms with E-state index in [9.17, 15) is 4.39 Å². The zero-order valence-electron chi connectivity index (χ0n) is 11.9. The minimum absolute atomic E-state index is 0.205. The molecule has 0 radical (unpaired) electrons. The third-order valence-electron chi connectivity index (χ3n) is 5.00. The van der Waals surface area contributed by atoms with Crippen LogP contribution in [0, 0.1) is 5.82 Å². The molecule has 1 aromatic carbocycles. The van der Waals surface area contributed by atoms with Crippen molar-refractivity contribution >= 4 is 22.6 Å². The first kappa shape index (κ1) is 13.5. The van der Waals surface area contributed by atoms with Crippen molar-refractivity contribution in [2.75, 3.05) is 13.1 Å². The Morgan fingerprint density at radius 3 is 2.95 bits per heavy atom. The monoisotopic (exact) mass is 307 g/mol. The third-order valence-corrected chi connectivity index (χ3v) is 5.24. The van der Waals surface area contributed by atoms with Crippen LogP contribution in [-0.4, -0.2) is 33.6 Å². The van der Waals surface area contributed by atoms with Crippen molar-refractivity contribution in [3.8, 4) is 0 Å². The minimum Gasteiger partial charge on any atom is -0.322 e. The second-order valence-electron chi connectivity index (χ2n) is 6.12. The fourth-order valence-electron chi connectivity index (χ4n) is 4.10. The van der Waals surface area contributed by atoms with E-state index in [1.54, 1.807) is 12.1 Å². The van der Waals surface area contributed by atoms with Crippen LogP contribution in [0.15, 0.2) is 18.2 Å². The van der Waals surface area contributed by atoms with Gasteiger partial charge >= 0.3 is 0 Å². The van der Waals surface area contributed by atoms with Gasteiger partial charge in [-0.1, -0.05) is 6.42 Å². The predicted octanol–water partition coefficient (Wildman–Crippen LogP) is 3.71. The average molecular weight is 308 g/mol. The standard InChI is InChI=1S/C16H19ClFN3/c17-10-16-19-12-5-4-11(18)9-15(12)21(16)14-6-8-20-7-2-1-3-13(14)20/h4-5,9,13-14H,1-3,6-8,10H2. The Labute approximate surface area is 128 Å². The van der Waals surface area contributed by atoms with Gasteiger partial charge in [-0.25, -0.2) is 9.37 Å². The summed E-state index contributed by atoms with van der Waals surface area (Å²) >= 11 is 6.11. The molecule has 4 rings (SSSR count). The summed E-state index contributed by atoms with van der Waals surface area (Å²) in [5, 5.41) is 0. The molecule has 3 nitrogen and oxygen atoms in total. The topological polar surface area (TPSA) is 21.1 Å². The summed E-state index contributed by atoms with van der Waals surface area (Å²) in [5.74, 6) is 1.04. The van der Waals surface area contributed by atoms with Crippen molar-refractivity contribution in [3.05, 3.63) is 29.8 Å². The Morgan fingerprint density at radius 1 is 1.19 bits per heavy atom. The highest BCUT2D eigenvalue weighted by Gasteiger charge is 2.38. The van der Waals surface area contributed by atoms with Crippen LogP contribution in [0.25, 0.3) is 11.0 Å². The number of imidazole rings is 1. The molecule has 0 aliphatic carbocycles. The molecule has 3 heterocycles. The van der Waals surface area contributed by atoms with E-state index >= 15 is 0 Å². The molecule has 21 heavy (non-hydrogen) atoms. The van der Waals surface area contributed by atoms with Gasteiger partial charge in [-0.3, -0.25) is 4.90 Å². The highest BCUT2D eigenvalue weighted by molar-refractivity contribution is 6.16. The molecular formula is C16H19ClFN3. The lowest BCUT2D eigenvalue weighted by atomic mass is 9.98. The first-order chi connectivity index (χ1) is 10.3. The summed E-state index contributed by atoms with van der Waals surface area (Å²) in [6.45, 7) is 2.32. The van der Waals surface area contributed by atoms with Gasteiger partial charge in [0.05, 0.1) is 23.0 Å². The molecule has 112 valence electrons. The number of halogens is 2. The van der Waals surface area contributed by atoms with E-state index in [2.05, 4.69) is 14.5 Å². The quantitative estimate of drug-likeness (QED) is 0.789. The zero-order chi connectivity index (χ0) is 14.4. The van der Waals surface area contributed by atoms with Gasteiger partial charge in [0.25, 0.3) is 0 Å². The van der Waals surface area contributed by atoms with E-state index in [1.165, 1.54) is 31.9 Å². The first-order valence-corrected chi connectivity index (χ1v) is 8.28. The Balaban J connectivity index is 1.83. The maximum atomic E-state index is 13.7. The van der Waals surface area contributed by atoms with E-state index in [1.807, 2.05) is 0 Å². The lowest BCUT2D eigenvalue weighted by Gasteiger charge is -2.33. The van der Waals surface area contributed by atoms with E-state index in [-0.39, 0.29) is 5.82 Å². The lowest BCUT2D eigenvalue weighted by Crippen LogP contribution is -2.38. The van der Waals surface area contributed by atoms with Crippen molar-refractivity contribution in [2.24, 2.45) is 0 Å². The molecule has 0 bridgehead atoms. The average Bonchev–Trinajstić information content (AvgIpc) is 3.07. The second-order valence-corrected chi connectivity index (χ2v) is 6.39. The summed E-state index contributed by atoms with van der Waals surface area (Å²) in [4.78, 5) is 7.18. The molecule has 2 aromatic rings. The van der Waals surface area contributed by atoms with Gasteiger partial charge in [-0.15, -0.1) is 11.6 Å². The third kappa shape index (κ3) is 2.16. The molecule has 2 fully saturated rings. The molecule has 5 heteroatoms. The summed E-state index contributed by atoms with van der Waals surface area (Å²) in [7, 11) is 0. The summed E-state index contributed by atoms with van der Waals surface area (Å²) < 4.78 is 15.9. The number of benzene rings is 1. The molecule has 0 spiro atoms. The molecule has 2 aliphatic heterocycles. The second kappa shape index (κ2) is 5.25. The molecule has 0 saturated carbocycles. The molecular weight excluding hydrogens is 289 g/mol. The van der Waals surface area contributed by atoms with Crippen molar-refractivity contribution in [3.63, 3.8) is 0 Å². The van der Waals surface area contributed by atoms with Crippen LogP contribution in [-0.2, 0) is 5.88 Å². The van der Waals surface area contributed by atoms with Crippen molar-refractivity contribution < 1.29 is 4.39 Å². The van der Waals surface area contributed by atoms with Gasteiger partial charge in [-0.05, 0) is 44.0 Å². The largest absolute Gasteiger partial charge is 0.322 e. The van der Waals surface area contributed by atoms with Crippen molar-refractivity contribution in [1.29, 1.82) is 0 Å². The van der Waals surface area contributed by atoms with Gasteiger partial charge in [0.1, 0.15) is 11.6 Å². The number of hydrogen-bond donors (Lipinski definition) is 0. The molecule has 0 N–H and O–H groups in total. The smallest absolute Gasteiger partial charge is 0.125 e. The van der Waals surface area contributed by atoms with Gasteiger partial charge in [0.2, 0.25) is 0 Å². The molecule has 2 aliphatic rings. The summed E-state index contributed by atoms with van der Waals surface area (Å²) in [6, 6.07) is 5.76. The van der Waals surface area contributed by atoms with Crippen LogP contribution in [0.2, 0.25) is 0 Å². The number of fused-ring (bicyclic) bond motifs is 2. The molecule has 0 amide bonds. The predicted molar refractivity (Wildman–Crippen MR) is 82.1 cm³/mol. The molecule has 1 aromatic heterocycles. The number of alkyl halides is 1. The SMILES string of the molecule is Fc1ccc2nc(CCl)n(C3CCN4CCCCC34)c2c1. The normalized spacial score (nSPS) is 26.4. The van der Waals surface area contributed by atoms with E-state index in [4.69, 9.17) is 11.6 Å². The van der Waals surface area contributed by atoms with Gasteiger partial charge in [-0.2, -0.15) is 0 Å². The van der Waals surface area contributed by atoms with Crippen LogP contribution in [0.4, 0.5) is 4.39 Å². The highest BCUT2D eigenvalue weighted by Crippen LogP contribution is 2.38. The number of piperidine rings is 1. The van der Waals surface area contributed by atoms with Crippen LogP contribution in [0.5, 0.6) is 0 Å². The number of rotatable bonds is 2. The fraction of sp³-hybridized carbons (Fsp3) is 0.562. The van der Waals surface area contributed by atoms with E-state index in [0.29, 0.717) is 18.0 Å². The van der Waals surface area contributed by atoms with E-state index in [0.717, 1.165) is 29.8 Å². The molecule has 2 saturated heterocycles. The fourth-order valence-corrected chi connectivity index (χ4v) is 4.29. The number of nitrogens with zero attached hydrogens (tertiary/aromatic N) is 3. The van der Waals surface area contributed by atoms with Crippen LogP contribution < -0.4 is 0 Å². The van der Waals surface area contributed by atoms with Gasteiger partial charge < -0.3 is 4.57 Å². The number of aromatic nitrogens is 2. The van der Waals surface area contributed by atoms with E-state index < -0.39 is 0 Å². The maximum Gasteiger partial charge on any atom is 0.125 e. The Morgan fingerprint density at radius 2 is 2.10 bits per heavy atom. The van der Waals surface area contributed by atoms with Crippen molar-refractivity contribution in [2.45, 2.75) is 43.6 Å². The molecule has 2 atom stereocenters.